The van der Waals surface area contributed by atoms with Crippen LogP contribution in [0.5, 0.6) is 5.75 Å². The first kappa shape index (κ1) is 12.9. The topological polar surface area (TPSA) is 47.0 Å². The van der Waals surface area contributed by atoms with Crippen LogP contribution in [0.15, 0.2) is 36.0 Å². The lowest BCUT2D eigenvalue weighted by Gasteiger charge is -2.10. The van der Waals surface area contributed by atoms with Gasteiger partial charge in [0.25, 0.3) is 0 Å². The van der Waals surface area contributed by atoms with Crippen LogP contribution in [0, 0.1) is 6.92 Å². The summed E-state index contributed by atoms with van der Waals surface area (Å²) in [6, 6.07) is 7.98. The van der Waals surface area contributed by atoms with Gasteiger partial charge in [-0.25, -0.2) is 9.97 Å². The largest absolute Gasteiger partial charge is 0.496 e. The molecular formula is C15H15N3OS. The van der Waals surface area contributed by atoms with Crippen molar-refractivity contribution in [3.63, 3.8) is 0 Å². The third-order valence-corrected chi connectivity index (χ3v) is 4.26. The minimum absolute atomic E-state index is 0.674. The molecule has 102 valence electrons. The van der Waals surface area contributed by atoms with Gasteiger partial charge in [0.15, 0.2) is 0 Å². The molecule has 0 aliphatic carbocycles. The number of hydrogen-bond acceptors (Lipinski definition) is 5. The molecule has 0 radical (unpaired) electrons. The minimum atomic E-state index is 0.674. The smallest absolute Gasteiger partial charge is 0.147 e. The van der Waals surface area contributed by atoms with Crippen LogP contribution in [0.4, 0.5) is 5.82 Å². The zero-order chi connectivity index (χ0) is 13.9. The maximum Gasteiger partial charge on any atom is 0.147 e. The van der Waals surface area contributed by atoms with E-state index in [4.69, 9.17) is 4.74 Å². The molecule has 2 heterocycles. The third kappa shape index (κ3) is 2.32. The van der Waals surface area contributed by atoms with E-state index >= 15 is 0 Å². The van der Waals surface area contributed by atoms with E-state index in [-0.39, 0.29) is 0 Å². The molecule has 0 amide bonds. The summed E-state index contributed by atoms with van der Waals surface area (Å²) in [5.74, 6) is 1.76. The van der Waals surface area contributed by atoms with Crippen LogP contribution in [0.25, 0.3) is 10.2 Å². The zero-order valence-electron chi connectivity index (χ0n) is 11.4. The van der Waals surface area contributed by atoms with E-state index in [2.05, 4.69) is 27.6 Å². The molecule has 0 atom stereocenters. The SMILES string of the molecule is COc1ccccc1CNc1ncnc2c(C)csc12. The fourth-order valence-corrected chi connectivity index (χ4v) is 3.09. The average Bonchev–Trinajstić information content (AvgIpc) is 2.88. The van der Waals surface area contributed by atoms with Crippen molar-refractivity contribution in [2.24, 2.45) is 0 Å². The number of nitrogens with one attached hydrogen (secondary N) is 1. The molecule has 4 nitrogen and oxygen atoms in total. The van der Waals surface area contributed by atoms with Gasteiger partial charge in [0.2, 0.25) is 0 Å². The molecule has 2 aromatic heterocycles. The number of methoxy groups -OCH3 is 1. The lowest BCUT2D eigenvalue weighted by molar-refractivity contribution is 0.410. The number of fused-ring (bicyclic) bond motifs is 1. The highest BCUT2D eigenvalue weighted by Gasteiger charge is 2.08. The standard InChI is InChI=1S/C15H15N3OS/c1-10-8-20-14-13(10)17-9-18-15(14)16-7-11-5-3-4-6-12(11)19-2/h3-6,8-9H,7H2,1-2H3,(H,16,17,18). The Morgan fingerprint density at radius 3 is 2.95 bits per heavy atom. The lowest BCUT2D eigenvalue weighted by Crippen LogP contribution is -2.03. The zero-order valence-corrected chi connectivity index (χ0v) is 12.2. The molecule has 0 bridgehead atoms. The summed E-state index contributed by atoms with van der Waals surface area (Å²) >= 11 is 1.67. The maximum absolute atomic E-state index is 5.36. The van der Waals surface area contributed by atoms with Gasteiger partial charge in [-0.15, -0.1) is 11.3 Å². The summed E-state index contributed by atoms with van der Waals surface area (Å²) in [4.78, 5) is 8.66. The van der Waals surface area contributed by atoms with Gasteiger partial charge in [-0.1, -0.05) is 18.2 Å². The van der Waals surface area contributed by atoms with Crippen LogP contribution < -0.4 is 10.1 Å². The number of hydrogen-bond donors (Lipinski definition) is 1. The molecule has 5 heteroatoms. The first-order valence-electron chi connectivity index (χ1n) is 6.34. The van der Waals surface area contributed by atoms with Crippen LogP contribution in [0.2, 0.25) is 0 Å². The van der Waals surface area contributed by atoms with Crippen LogP contribution in [-0.2, 0) is 6.54 Å². The summed E-state index contributed by atoms with van der Waals surface area (Å²) < 4.78 is 6.45. The first-order chi connectivity index (χ1) is 9.79. The Balaban J connectivity index is 1.87. The van der Waals surface area contributed by atoms with Crippen molar-refractivity contribution in [1.82, 2.24) is 9.97 Å². The van der Waals surface area contributed by atoms with Gasteiger partial charge in [0.05, 0.1) is 17.3 Å². The van der Waals surface area contributed by atoms with Crippen molar-refractivity contribution in [2.75, 3.05) is 12.4 Å². The Kier molecular flexibility index (Phi) is 3.52. The summed E-state index contributed by atoms with van der Waals surface area (Å²) in [6.07, 6.45) is 1.60. The highest BCUT2D eigenvalue weighted by Crippen LogP contribution is 2.29. The Morgan fingerprint density at radius 1 is 1.25 bits per heavy atom. The van der Waals surface area contributed by atoms with Gasteiger partial charge in [-0.05, 0) is 23.9 Å². The second-order valence-electron chi connectivity index (χ2n) is 4.48. The molecule has 0 aliphatic heterocycles. The van der Waals surface area contributed by atoms with Crippen molar-refractivity contribution in [3.05, 3.63) is 47.1 Å². The number of aryl methyl sites for hydroxylation is 1. The Hall–Kier alpha value is -2.14. The van der Waals surface area contributed by atoms with E-state index in [1.165, 1.54) is 5.56 Å². The first-order valence-corrected chi connectivity index (χ1v) is 7.22. The van der Waals surface area contributed by atoms with E-state index in [9.17, 15) is 0 Å². The summed E-state index contributed by atoms with van der Waals surface area (Å²) in [5.41, 5.74) is 3.32. The predicted molar refractivity (Wildman–Crippen MR) is 82.5 cm³/mol. The fourth-order valence-electron chi connectivity index (χ4n) is 2.12. The molecule has 0 spiro atoms. The van der Waals surface area contributed by atoms with E-state index in [0.717, 1.165) is 27.3 Å². The number of ether oxygens (including phenoxy) is 1. The Labute approximate surface area is 121 Å². The van der Waals surface area contributed by atoms with Crippen molar-refractivity contribution in [3.8, 4) is 5.75 Å². The fraction of sp³-hybridized carbons (Fsp3) is 0.200. The average molecular weight is 285 g/mol. The van der Waals surface area contributed by atoms with E-state index in [1.54, 1.807) is 24.8 Å². The molecule has 20 heavy (non-hydrogen) atoms. The van der Waals surface area contributed by atoms with E-state index in [1.807, 2.05) is 24.3 Å². The van der Waals surface area contributed by atoms with Crippen LogP contribution in [-0.4, -0.2) is 17.1 Å². The number of nitrogens with zero attached hydrogens (tertiary/aromatic N) is 2. The molecule has 1 N–H and O–H groups in total. The van der Waals surface area contributed by atoms with E-state index < -0.39 is 0 Å². The molecule has 0 fully saturated rings. The van der Waals surface area contributed by atoms with Crippen molar-refractivity contribution < 1.29 is 4.74 Å². The molecule has 0 saturated carbocycles. The highest BCUT2D eigenvalue weighted by molar-refractivity contribution is 7.18. The molecular weight excluding hydrogens is 270 g/mol. The molecule has 0 saturated heterocycles. The molecule has 0 aliphatic rings. The molecule has 1 aromatic carbocycles. The normalized spacial score (nSPS) is 10.7. The predicted octanol–water partition coefficient (Wildman–Crippen LogP) is 3.62. The lowest BCUT2D eigenvalue weighted by atomic mass is 10.2. The molecule has 3 aromatic rings. The Morgan fingerprint density at radius 2 is 2.10 bits per heavy atom. The van der Waals surface area contributed by atoms with Crippen molar-refractivity contribution >= 4 is 27.4 Å². The number of anilines is 1. The summed E-state index contributed by atoms with van der Waals surface area (Å²) in [6.45, 7) is 2.74. The van der Waals surface area contributed by atoms with Crippen LogP contribution in [0.1, 0.15) is 11.1 Å². The van der Waals surface area contributed by atoms with Gasteiger partial charge < -0.3 is 10.1 Å². The van der Waals surface area contributed by atoms with Crippen molar-refractivity contribution in [1.29, 1.82) is 0 Å². The summed E-state index contributed by atoms with van der Waals surface area (Å²) in [5, 5.41) is 5.48. The van der Waals surface area contributed by atoms with Crippen LogP contribution >= 0.6 is 11.3 Å². The molecule has 3 rings (SSSR count). The summed E-state index contributed by atoms with van der Waals surface area (Å²) in [7, 11) is 1.68. The van der Waals surface area contributed by atoms with Gasteiger partial charge in [0.1, 0.15) is 17.9 Å². The quantitative estimate of drug-likeness (QED) is 0.795. The third-order valence-electron chi connectivity index (χ3n) is 3.17. The second kappa shape index (κ2) is 5.46. The maximum atomic E-state index is 5.36. The monoisotopic (exact) mass is 285 g/mol. The Bertz CT molecular complexity index is 739. The van der Waals surface area contributed by atoms with Crippen molar-refractivity contribution in [2.45, 2.75) is 13.5 Å². The number of thiophene rings is 1. The van der Waals surface area contributed by atoms with Gasteiger partial charge >= 0.3 is 0 Å². The van der Waals surface area contributed by atoms with E-state index in [0.29, 0.717) is 6.54 Å². The van der Waals surface area contributed by atoms with Gasteiger partial charge in [-0.3, -0.25) is 0 Å². The molecule has 0 unspecified atom stereocenters. The number of para-hydroxylation sites is 1. The number of benzene rings is 1. The minimum Gasteiger partial charge on any atom is -0.496 e. The highest BCUT2D eigenvalue weighted by atomic mass is 32.1. The number of aromatic nitrogens is 2. The second-order valence-corrected chi connectivity index (χ2v) is 5.36. The van der Waals surface area contributed by atoms with Crippen LogP contribution in [0.3, 0.4) is 0 Å². The number of rotatable bonds is 4. The van der Waals surface area contributed by atoms with Gasteiger partial charge in [0, 0.05) is 12.1 Å². The van der Waals surface area contributed by atoms with Gasteiger partial charge in [-0.2, -0.15) is 0 Å².